The average molecular weight is 239 g/mol. The van der Waals surface area contributed by atoms with E-state index in [-0.39, 0.29) is 0 Å². The Balaban J connectivity index is 1.88. The van der Waals surface area contributed by atoms with Gasteiger partial charge < -0.3 is 4.74 Å². The SMILES string of the molecule is COCC1=NN=C(c2ccc3ncccc3c2)[N]1. The van der Waals surface area contributed by atoms with Gasteiger partial charge in [0.1, 0.15) is 6.61 Å². The van der Waals surface area contributed by atoms with E-state index in [0.717, 1.165) is 16.5 Å². The summed E-state index contributed by atoms with van der Waals surface area (Å²) in [4.78, 5) is 4.27. The van der Waals surface area contributed by atoms with Crippen molar-refractivity contribution in [1.82, 2.24) is 10.3 Å². The molecule has 0 amide bonds. The maximum Gasteiger partial charge on any atom is 0.183 e. The van der Waals surface area contributed by atoms with Gasteiger partial charge in [-0.2, -0.15) is 0 Å². The molecule has 0 spiro atoms. The van der Waals surface area contributed by atoms with E-state index in [1.54, 1.807) is 13.3 Å². The third-order valence-electron chi connectivity index (χ3n) is 2.63. The fourth-order valence-electron chi connectivity index (χ4n) is 1.80. The first-order chi connectivity index (χ1) is 8.86. The molecule has 3 rings (SSSR count). The van der Waals surface area contributed by atoms with Crippen molar-refractivity contribution < 1.29 is 4.74 Å². The standard InChI is InChI=1S/C13H11N4O/c1-18-8-12-15-13(17-16-12)10-4-5-11-9(7-10)3-2-6-14-11/h2-7H,8H2,1H3. The van der Waals surface area contributed by atoms with E-state index < -0.39 is 0 Å². The van der Waals surface area contributed by atoms with E-state index >= 15 is 0 Å². The van der Waals surface area contributed by atoms with Gasteiger partial charge in [-0.05, 0) is 24.3 Å². The lowest BCUT2D eigenvalue weighted by atomic mass is 10.1. The zero-order valence-corrected chi connectivity index (χ0v) is 9.87. The molecule has 2 heterocycles. The van der Waals surface area contributed by atoms with Crippen molar-refractivity contribution in [3.63, 3.8) is 0 Å². The van der Waals surface area contributed by atoms with Crippen LogP contribution in [0, 0.1) is 0 Å². The largest absolute Gasteiger partial charge is 0.377 e. The van der Waals surface area contributed by atoms with Crippen molar-refractivity contribution in [2.75, 3.05) is 13.7 Å². The fraction of sp³-hybridized carbons (Fsp3) is 0.154. The highest BCUT2D eigenvalue weighted by molar-refractivity contribution is 6.12. The lowest BCUT2D eigenvalue weighted by Gasteiger charge is -2.02. The number of hydrogen-bond donors (Lipinski definition) is 0. The monoisotopic (exact) mass is 239 g/mol. The highest BCUT2D eigenvalue weighted by Crippen LogP contribution is 2.15. The predicted molar refractivity (Wildman–Crippen MR) is 69.7 cm³/mol. The van der Waals surface area contributed by atoms with Crippen LogP contribution in [0.1, 0.15) is 5.56 Å². The molecule has 1 aliphatic heterocycles. The van der Waals surface area contributed by atoms with Crippen LogP contribution in [0.25, 0.3) is 10.9 Å². The molecule has 2 aromatic rings. The van der Waals surface area contributed by atoms with Gasteiger partial charge in [0.05, 0.1) is 5.52 Å². The Morgan fingerprint density at radius 3 is 3.00 bits per heavy atom. The lowest BCUT2D eigenvalue weighted by Crippen LogP contribution is -2.22. The van der Waals surface area contributed by atoms with Gasteiger partial charge >= 0.3 is 0 Å². The van der Waals surface area contributed by atoms with Gasteiger partial charge in [-0.15, -0.1) is 10.2 Å². The molecule has 89 valence electrons. The molecule has 5 heteroatoms. The zero-order chi connectivity index (χ0) is 12.4. The second kappa shape index (κ2) is 4.54. The highest BCUT2D eigenvalue weighted by atomic mass is 16.5. The number of nitrogens with zero attached hydrogens (tertiary/aromatic N) is 4. The second-order valence-electron chi connectivity index (χ2n) is 3.90. The summed E-state index contributed by atoms with van der Waals surface area (Å²) in [5.74, 6) is 1.21. The van der Waals surface area contributed by atoms with Crippen molar-refractivity contribution >= 4 is 22.6 Å². The number of aromatic nitrogens is 1. The van der Waals surface area contributed by atoms with E-state index in [1.807, 2.05) is 30.3 Å². The summed E-state index contributed by atoms with van der Waals surface area (Å²) in [7, 11) is 1.61. The van der Waals surface area contributed by atoms with Crippen LogP contribution >= 0.6 is 0 Å². The number of amidine groups is 2. The number of hydrogen-bond acceptors (Lipinski definition) is 4. The molecule has 1 aliphatic rings. The Labute approximate surface area is 104 Å². The van der Waals surface area contributed by atoms with Crippen LogP contribution in [-0.2, 0) is 4.74 Å². The number of pyridine rings is 1. The van der Waals surface area contributed by atoms with Crippen LogP contribution in [0.2, 0.25) is 0 Å². The van der Waals surface area contributed by atoms with Gasteiger partial charge in [0.25, 0.3) is 0 Å². The summed E-state index contributed by atoms with van der Waals surface area (Å²) in [6.07, 6.45) is 1.78. The Kier molecular flexibility index (Phi) is 2.74. The van der Waals surface area contributed by atoms with Gasteiger partial charge in [-0.25, -0.2) is 5.32 Å². The summed E-state index contributed by atoms with van der Waals surface area (Å²) in [6, 6.07) is 9.83. The van der Waals surface area contributed by atoms with Crippen molar-refractivity contribution in [1.29, 1.82) is 0 Å². The van der Waals surface area contributed by atoms with Gasteiger partial charge in [0.15, 0.2) is 11.7 Å². The molecule has 0 saturated heterocycles. The van der Waals surface area contributed by atoms with Crippen molar-refractivity contribution in [2.45, 2.75) is 0 Å². The fourth-order valence-corrected chi connectivity index (χ4v) is 1.80. The molecule has 5 nitrogen and oxygen atoms in total. The first-order valence-corrected chi connectivity index (χ1v) is 5.57. The molecular formula is C13H11N4O. The summed E-state index contributed by atoms with van der Waals surface area (Å²) in [5.41, 5.74) is 1.89. The second-order valence-corrected chi connectivity index (χ2v) is 3.90. The topological polar surface area (TPSA) is 60.9 Å². The van der Waals surface area contributed by atoms with E-state index in [2.05, 4.69) is 20.5 Å². The maximum absolute atomic E-state index is 4.97. The van der Waals surface area contributed by atoms with E-state index in [9.17, 15) is 0 Å². The van der Waals surface area contributed by atoms with E-state index in [0.29, 0.717) is 18.3 Å². The molecular weight excluding hydrogens is 228 g/mol. The van der Waals surface area contributed by atoms with Gasteiger partial charge in [-0.1, -0.05) is 6.07 Å². The third-order valence-corrected chi connectivity index (χ3v) is 2.63. The van der Waals surface area contributed by atoms with E-state index in [4.69, 9.17) is 4.74 Å². The van der Waals surface area contributed by atoms with Crippen LogP contribution in [0.15, 0.2) is 46.7 Å². The average Bonchev–Trinajstić information content (AvgIpc) is 2.87. The number of ether oxygens (including phenoxy) is 1. The Hall–Kier alpha value is -2.27. The molecule has 0 fully saturated rings. The molecule has 0 bridgehead atoms. The van der Waals surface area contributed by atoms with Crippen LogP contribution < -0.4 is 5.32 Å². The van der Waals surface area contributed by atoms with Crippen molar-refractivity contribution in [2.24, 2.45) is 10.2 Å². The number of fused-ring (bicyclic) bond motifs is 1. The number of rotatable bonds is 3. The summed E-state index contributed by atoms with van der Waals surface area (Å²) < 4.78 is 4.97. The van der Waals surface area contributed by atoms with Crippen LogP contribution in [0.4, 0.5) is 0 Å². The Morgan fingerprint density at radius 2 is 2.11 bits per heavy atom. The normalized spacial score (nSPS) is 14.3. The minimum atomic E-state index is 0.377. The molecule has 0 aliphatic carbocycles. The summed E-state index contributed by atoms with van der Waals surface area (Å²) in [5, 5.41) is 13.4. The molecule has 0 atom stereocenters. The van der Waals surface area contributed by atoms with Gasteiger partial charge in [0.2, 0.25) is 0 Å². The number of methoxy groups -OCH3 is 1. The summed E-state index contributed by atoms with van der Waals surface area (Å²) in [6.45, 7) is 0.377. The molecule has 0 saturated carbocycles. The maximum atomic E-state index is 4.97. The summed E-state index contributed by atoms with van der Waals surface area (Å²) >= 11 is 0. The molecule has 1 aromatic heterocycles. The predicted octanol–water partition coefficient (Wildman–Crippen LogP) is 1.56. The smallest absolute Gasteiger partial charge is 0.183 e. The van der Waals surface area contributed by atoms with Crippen LogP contribution in [0.5, 0.6) is 0 Å². The quantitative estimate of drug-likeness (QED) is 0.816. The molecule has 1 aromatic carbocycles. The van der Waals surface area contributed by atoms with Crippen LogP contribution in [0.3, 0.4) is 0 Å². The van der Waals surface area contributed by atoms with Gasteiger partial charge in [0, 0.05) is 24.3 Å². The zero-order valence-electron chi connectivity index (χ0n) is 9.87. The van der Waals surface area contributed by atoms with Gasteiger partial charge in [-0.3, -0.25) is 4.98 Å². The first-order valence-electron chi connectivity index (χ1n) is 5.57. The molecule has 18 heavy (non-hydrogen) atoms. The first kappa shape index (κ1) is 10.9. The Bertz CT molecular complexity index is 648. The molecule has 0 unspecified atom stereocenters. The van der Waals surface area contributed by atoms with Crippen molar-refractivity contribution in [3.8, 4) is 0 Å². The number of benzene rings is 1. The van der Waals surface area contributed by atoms with E-state index in [1.165, 1.54) is 0 Å². The van der Waals surface area contributed by atoms with Crippen molar-refractivity contribution in [3.05, 3.63) is 42.1 Å². The highest BCUT2D eigenvalue weighted by Gasteiger charge is 2.15. The third kappa shape index (κ3) is 1.96. The van der Waals surface area contributed by atoms with Crippen LogP contribution in [-0.4, -0.2) is 30.4 Å². The lowest BCUT2D eigenvalue weighted by molar-refractivity contribution is 0.243. The molecule has 1 radical (unpaired) electrons. The minimum Gasteiger partial charge on any atom is -0.377 e. The minimum absolute atomic E-state index is 0.377. The Morgan fingerprint density at radius 1 is 1.17 bits per heavy atom. The molecule has 0 N–H and O–H groups in total.